The largest absolute Gasteiger partial charge is 0.497 e. The minimum atomic E-state index is -0.528. The van der Waals surface area contributed by atoms with Gasteiger partial charge in [0.05, 0.1) is 12.8 Å². The Morgan fingerprint density at radius 1 is 1.11 bits per heavy atom. The quantitative estimate of drug-likeness (QED) is 0.823. The standard InChI is InChI=1S/C14H14N2O3/c1-18-10-3-2-4-11(8-10)19-13-6-5-9(14(16)17)7-12(13)15/h2-8H,15H2,1H3,(H2,16,17). The predicted octanol–water partition coefficient (Wildman–Crippen LogP) is 2.17. The summed E-state index contributed by atoms with van der Waals surface area (Å²) in [5, 5.41) is 0. The van der Waals surface area contributed by atoms with E-state index in [1.165, 1.54) is 6.07 Å². The first-order valence-electron chi connectivity index (χ1n) is 5.61. The average Bonchev–Trinajstić information content (AvgIpc) is 2.41. The number of amides is 1. The molecular weight excluding hydrogens is 244 g/mol. The van der Waals surface area contributed by atoms with Crippen LogP contribution in [0.15, 0.2) is 42.5 Å². The maximum atomic E-state index is 11.0. The highest BCUT2D eigenvalue weighted by Crippen LogP contribution is 2.29. The molecule has 1 amide bonds. The number of carbonyl (C=O) groups excluding carboxylic acids is 1. The van der Waals surface area contributed by atoms with Crippen LogP contribution in [-0.2, 0) is 0 Å². The summed E-state index contributed by atoms with van der Waals surface area (Å²) >= 11 is 0. The number of benzene rings is 2. The number of rotatable bonds is 4. The molecule has 5 nitrogen and oxygen atoms in total. The SMILES string of the molecule is COc1cccc(Oc2ccc(C(N)=O)cc2N)c1. The van der Waals surface area contributed by atoms with Crippen LogP contribution in [0.5, 0.6) is 17.2 Å². The van der Waals surface area contributed by atoms with Gasteiger partial charge in [-0.2, -0.15) is 0 Å². The molecule has 0 aliphatic carbocycles. The Morgan fingerprint density at radius 3 is 2.47 bits per heavy atom. The van der Waals surface area contributed by atoms with Crippen LogP contribution in [-0.4, -0.2) is 13.0 Å². The third-order valence-corrected chi connectivity index (χ3v) is 2.56. The molecule has 0 aliphatic rings. The molecule has 0 radical (unpaired) electrons. The van der Waals surface area contributed by atoms with Gasteiger partial charge in [0.15, 0.2) is 0 Å². The fraction of sp³-hybridized carbons (Fsp3) is 0.0714. The Labute approximate surface area is 110 Å². The van der Waals surface area contributed by atoms with Gasteiger partial charge in [0, 0.05) is 11.6 Å². The van der Waals surface area contributed by atoms with Crippen molar-refractivity contribution in [2.45, 2.75) is 0 Å². The van der Waals surface area contributed by atoms with E-state index in [-0.39, 0.29) is 0 Å². The van der Waals surface area contributed by atoms with Gasteiger partial charge in [-0.1, -0.05) is 6.07 Å². The summed E-state index contributed by atoms with van der Waals surface area (Å²) < 4.78 is 10.7. The van der Waals surface area contributed by atoms with Crippen LogP contribution in [0.2, 0.25) is 0 Å². The molecule has 0 aliphatic heterocycles. The smallest absolute Gasteiger partial charge is 0.248 e. The second-order valence-corrected chi connectivity index (χ2v) is 3.90. The van der Waals surface area contributed by atoms with E-state index in [1.54, 1.807) is 31.4 Å². The van der Waals surface area contributed by atoms with Crippen molar-refractivity contribution >= 4 is 11.6 Å². The number of methoxy groups -OCH3 is 1. The Hall–Kier alpha value is -2.69. The molecule has 4 N–H and O–H groups in total. The van der Waals surface area contributed by atoms with Crippen LogP contribution in [0.25, 0.3) is 0 Å². The molecule has 2 rings (SSSR count). The van der Waals surface area contributed by atoms with Crippen LogP contribution in [0.3, 0.4) is 0 Å². The van der Waals surface area contributed by atoms with Crippen molar-refractivity contribution in [3.8, 4) is 17.2 Å². The number of ether oxygens (including phenoxy) is 2. The summed E-state index contributed by atoms with van der Waals surface area (Å²) in [5.41, 5.74) is 11.7. The van der Waals surface area contributed by atoms with E-state index in [4.69, 9.17) is 20.9 Å². The summed E-state index contributed by atoms with van der Waals surface area (Å²) in [4.78, 5) is 11.0. The Balaban J connectivity index is 2.25. The van der Waals surface area contributed by atoms with E-state index in [2.05, 4.69) is 0 Å². The van der Waals surface area contributed by atoms with Gasteiger partial charge in [-0.15, -0.1) is 0 Å². The van der Waals surface area contributed by atoms with Crippen molar-refractivity contribution in [3.63, 3.8) is 0 Å². The third-order valence-electron chi connectivity index (χ3n) is 2.56. The van der Waals surface area contributed by atoms with Gasteiger partial charge >= 0.3 is 0 Å². The summed E-state index contributed by atoms with van der Waals surface area (Å²) in [6.45, 7) is 0. The molecule has 2 aromatic carbocycles. The van der Waals surface area contributed by atoms with Gasteiger partial charge in [0.25, 0.3) is 0 Å². The van der Waals surface area contributed by atoms with Crippen LogP contribution in [0.1, 0.15) is 10.4 Å². The molecule has 0 bridgehead atoms. The Morgan fingerprint density at radius 2 is 1.84 bits per heavy atom. The van der Waals surface area contributed by atoms with Gasteiger partial charge in [0.2, 0.25) is 5.91 Å². The number of nitrogens with two attached hydrogens (primary N) is 2. The maximum absolute atomic E-state index is 11.0. The molecule has 5 heteroatoms. The zero-order valence-electron chi connectivity index (χ0n) is 10.4. The van der Waals surface area contributed by atoms with Crippen LogP contribution in [0, 0.1) is 0 Å². The summed E-state index contributed by atoms with van der Waals surface area (Å²) in [5.74, 6) is 1.21. The summed E-state index contributed by atoms with van der Waals surface area (Å²) in [6.07, 6.45) is 0. The van der Waals surface area contributed by atoms with E-state index in [0.717, 1.165) is 0 Å². The minimum Gasteiger partial charge on any atom is -0.497 e. The topological polar surface area (TPSA) is 87.6 Å². The zero-order chi connectivity index (χ0) is 13.8. The lowest BCUT2D eigenvalue weighted by Crippen LogP contribution is -2.11. The molecular formula is C14H14N2O3. The molecule has 0 fully saturated rings. The first-order valence-corrected chi connectivity index (χ1v) is 5.61. The number of nitrogen functional groups attached to an aromatic ring is 1. The first kappa shape index (κ1) is 12.8. The van der Waals surface area contributed by atoms with E-state index in [0.29, 0.717) is 28.5 Å². The Bertz CT molecular complexity index is 611. The van der Waals surface area contributed by atoms with Gasteiger partial charge in [-0.25, -0.2) is 0 Å². The van der Waals surface area contributed by atoms with Crippen molar-refractivity contribution < 1.29 is 14.3 Å². The fourth-order valence-corrected chi connectivity index (χ4v) is 1.59. The normalized spacial score (nSPS) is 9.95. The zero-order valence-corrected chi connectivity index (χ0v) is 10.4. The summed E-state index contributed by atoms with van der Waals surface area (Å²) in [7, 11) is 1.58. The van der Waals surface area contributed by atoms with Crippen LogP contribution < -0.4 is 20.9 Å². The lowest BCUT2D eigenvalue weighted by atomic mass is 10.2. The highest BCUT2D eigenvalue weighted by Gasteiger charge is 2.07. The molecule has 0 saturated carbocycles. The van der Waals surface area contributed by atoms with Crippen LogP contribution >= 0.6 is 0 Å². The average molecular weight is 258 g/mol. The molecule has 0 saturated heterocycles. The lowest BCUT2D eigenvalue weighted by Gasteiger charge is -2.10. The molecule has 0 aromatic heterocycles. The minimum absolute atomic E-state index is 0.343. The molecule has 0 unspecified atom stereocenters. The molecule has 98 valence electrons. The predicted molar refractivity (Wildman–Crippen MR) is 72.4 cm³/mol. The molecule has 0 atom stereocenters. The van der Waals surface area contributed by atoms with E-state index in [9.17, 15) is 4.79 Å². The molecule has 19 heavy (non-hydrogen) atoms. The molecule has 0 spiro atoms. The molecule has 2 aromatic rings. The number of anilines is 1. The van der Waals surface area contributed by atoms with Crippen molar-refractivity contribution in [2.24, 2.45) is 5.73 Å². The lowest BCUT2D eigenvalue weighted by molar-refractivity contribution is 0.100. The van der Waals surface area contributed by atoms with E-state index < -0.39 is 5.91 Å². The second-order valence-electron chi connectivity index (χ2n) is 3.90. The highest BCUT2D eigenvalue weighted by atomic mass is 16.5. The van der Waals surface area contributed by atoms with Gasteiger partial charge < -0.3 is 20.9 Å². The third kappa shape index (κ3) is 2.95. The summed E-state index contributed by atoms with van der Waals surface area (Å²) in [6, 6.07) is 11.8. The first-order chi connectivity index (χ1) is 9.10. The fourth-order valence-electron chi connectivity index (χ4n) is 1.59. The van der Waals surface area contributed by atoms with E-state index >= 15 is 0 Å². The number of carbonyl (C=O) groups is 1. The number of hydrogen-bond acceptors (Lipinski definition) is 4. The van der Waals surface area contributed by atoms with Crippen molar-refractivity contribution in [1.29, 1.82) is 0 Å². The monoisotopic (exact) mass is 258 g/mol. The van der Waals surface area contributed by atoms with Gasteiger partial charge in [-0.3, -0.25) is 4.79 Å². The van der Waals surface area contributed by atoms with Gasteiger partial charge in [0.1, 0.15) is 17.2 Å². The number of primary amides is 1. The van der Waals surface area contributed by atoms with Crippen LogP contribution in [0.4, 0.5) is 5.69 Å². The van der Waals surface area contributed by atoms with Crippen molar-refractivity contribution in [3.05, 3.63) is 48.0 Å². The highest BCUT2D eigenvalue weighted by molar-refractivity contribution is 5.94. The second kappa shape index (κ2) is 5.30. The van der Waals surface area contributed by atoms with Crippen molar-refractivity contribution in [1.82, 2.24) is 0 Å². The van der Waals surface area contributed by atoms with Crippen molar-refractivity contribution in [2.75, 3.05) is 12.8 Å². The van der Waals surface area contributed by atoms with E-state index in [1.807, 2.05) is 12.1 Å². The number of hydrogen-bond donors (Lipinski definition) is 2. The Kier molecular flexibility index (Phi) is 3.56. The van der Waals surface area contributed by atoms with Gasteiger partial charge in [-0.05, 0) is 30.3 Å². The molecule has 0 heterocycles. The maximum Gasteiger partial charge on any atom is 0.248 e.